The predicted octanol–water partition coefficient (Wildman–Crippen LogP) is 2.09. The number of likely N-dealkylation sites (tertiary alicyclic amines) is 2. The monoisotopic (exact) mass is 386 g/mol. The van der Waals surface area contributed by atoms with Gasteiger partial charge in [-0.2, -0.15) is 5.10 Å². The maximum Gasteiger partial charge on any atom is 0.267 e. The third-order valence-corrected chi connectivity index (χ3v) is 6.89. The van der Waals surface area contributed by atoms with Crippen molar-refractivity contribution in [1.29, 1.82) is 0 Å². The highest BCUT2D eigenvalue weighted by atomic mass is 16.2. The molecule has 0 saturated carbocycles. The molecule has 1 amide bonds. The van der Waals surface area contributed by atoms with E-state index >= 15 is 0 Å². The third kappa shape index (κ3) is 4.65. The Bertz CT molecular complexity index is 751. The van der Waals surface area contributed by atoms with E-state index in [2.05, 4.69) is 4.90 Å². The van der Waals surface area contributed by atoms with Crippen molar-refractivity contribution < 1.29 is 4.79 Å². The van der Waals surface area contributed by atoms with E-state index in [4.69, 9.17) is 5.10 Å². The van der Waals surface area contributed by atoms with Crippen LogP contribution in [0.3, 0.4) is 0 Å². The normalized spacial score (nSPS) is 24.2. The Balaban J connectivity index is 1.28. The number of carbonyl (C=O) groups excluding carboxylic acids is 1. The van der Waals surface area contributed by atoms with Crippen molar-refractivity contribution in [2.75, 3.05) is 32.7 Å². The van der Waals surface area contributed by atoms with Crippen LogP contribution < -0.4 is 5.56 Å². The smallest absolute Gasteiger partial charge is 0.267 e. The predicted molar refractivity (Wildman–Crippen MR) is 109 cm³/mol. The second-order valence-corrected chi connectivity index (χ2v) is 9.06. The van der Waals surface area contributed by atoms with Gasteiger partial charge in [-0.1, -0.05) is 0 Å². The molecule has 0 spiro atoms. The van der Waals surface area contributed by atoms with Crippen LogP contribution in [0.15, 0.2) is 10.9 Å². The lowest BCUT2D eigenvalue weighted by atomic mass is 9.93. The number of nitrogens with zero attached hydrogens (tertiary/aromatic N) is 4. The van der Waals surface area contributed by atoms with Crippen molar-refractivity contribution >= 4 is 5.91 Å². The summed E-state index contributed by atoms with van der Waals surface area (Å²) in [6.45, 7) is 7.60. The molecule has 28 heavy (non-hydrogen) atoms. The minimum atomic E-state index is 0.0783. The number of rotatable bonds is 4. The highest BCUT2D eigenvalue weighted by Gasteiger charge is 2.26. The van der Waals surface area contributed by atoms with Crippen LogP contribution in [-0.2, 0) is 24.2 Å². The van der Waals surface area contributed by atoms with E-state index in [1.165, 1.54) is 24.8 Å². The molecule has 6 nitrogen and oxygen atoms in total. The summed E-state index contributed by atoms with van der Waals surface area (Å²) in [5, 5.41) is 4.70. The molecule has 1 aromatic heterocycles. The quantitative estimate of drug-likeness (QED) is 0.795. The molecule has 154 valence electrons. The second kappa shape index (κ2) is 8.76. The number of amides is 1. The van der Waals surface area contributed by atoms with E-state index in [0.717, 1.165) is 77.1 Å². The fraction of sp³-hybridized carbons (Fsp3) is 0.773. The molecule has 4 rings (SSSR count). The van der Waals surface area contributed by atoms with E-state index in [0.29, 0.717) is 11.8 Å². The fourth-order valence-corrected chi connectivity index (χ4v) is 5.19. The van der Waals surface area contributed by atoms with Crippen molar-refractivity contribution in [2.45, 2.75) is 64.8 Å². The summed E-state index contributed by atoms with van der Waals surface area (Å²) in [7, 11) is 0. The van der Waals surface area contributed by atoms with Crippen molar-refractivity contribution in [3.8, 4) is 0 Å². The van der Waals surface area contributed by atoms with Gasteiger partial charge in [0.15, 0.2) is 0 Å². The maximum atomic E-state index is 12.4. The topological polar surface area (TPSA) is 58.4 Å². The lowest BCUT2D eigenvalue weighted by molar-refractivity contribution is -0.130. The number of hydrogen-bond donors (Lipinski definition) is 0. The van der Waals surface area contributed by atoms with Crippen LogP contribution in [0, 0.1) is 11.8 Å². The standard InChI is InChI=1S/C22H34N4O2/c1-17(27)25-10-4-5-19(15-25)14-24-11-8-18(9-12-24)16-26-22(28)13-20-6-2-3-7-21(20)23-26/h13,18-19H,2-12,14-16H2,1H3. The minimum Gasteiger partial charge on any atom is -0.343 e. The summed E-state index contributed by atoms with van der Waals surface area (Å²) in [6, 6.07) is 1.83. The molecule has 2 saturated heterocycles. The number of fused-ring (bicyclic) bond motifs is 1. The van der Waals surface area contributed by atoms with E-state index in [1.807, 2.05) is 11.0 Å². The van der Waals surface area contributed by atoms with Gasteiger partial charge in [0.2, 0.25) is 5.91 Å². The van der Waals surface area contributed by atoms with Crippen LogP contribution in [0.1, 0.15) is 56.7 Å². The molecule has 1 aliphatic carbocycles. The average Bonchev–Trinajstić information content (AvgIpc) is 2.70. The van der Waals surface area contributed by atoms with Gasteiger partial charge in [0.1, 0.15) is 0 Å². The molecule has 2 fully saturated rings. The van der Waals surface area contributed by atoms with Crippen LogP contribution in [-0.4, -0.2) is 58.2 Å². The first-order chi connectivity index (χ1) is 13.6. The van der Waals surface area contributed by atoms with Gasteiger partial charge in [-0.3, -0.25) is 9.59 Å². The van der Waals surface area contributed by atoms with E-state index < -0.39 is 0 Å². The van der Waals surface area contributed by atoms with Gasteiger partial charge < -0.3 is 9.80 Å². The van der Waals surface area contributed by atoms with E-state index in [9.17, 15) is 9.59 Å². The van der Waals surface area contributed by atoms with Crippen LogP contribution in [0.2, 0.25) is 0 Å². The first kappa shape index (κ1) is 19.6. The number of aryl methyl sites for hydroxylation is 2. The third-order valence-electron chi connectivity index (χ3n) is 6.89. The van der Waals surface area contributed by atoms with Gasteiger partial charge in [-0.25, -0.2) is 4.68 Å². The molecule has 1 unspecified atom stereocenters. The van der Waals surface area contributed by atoms with Crippen LogP contribution in [0.4, 0.5) is 0 Å². The molecule has 0 radical (unpaired) electrons. The van der Waals surface area contributed by atoms with Crippen molar-refractivity contribution in [1.82, 2.24) is 19.6 Å². The zero-order valence-electron chi connectivity index (χ0n) is 17.2. The minimum absolute atomic E-state index is 0.0783. The molecular weight excluding hydrogens is 352 g/mol. The lowest BCUT2D eigenvalue weighted by Gasteiger charge is -2.38. The average molecular weight is 387 g/mol. The number of piperidine rings is 2. The Morgan fingerprint density at radius 2 is 1.82 bits per heavy atom. The van der Waals surface area contributed by atoms with Gasteiger partial charge in [0, 0.05) is 39.2 Å². The summed E-state index contributed by atoms with van der Waals surface area (Å²) in [6.07, 6.45) is 9.04. The maximum absolute atomic E-state index is 12.4. The molecular formula is C22H34N4O2. The van der Waals surface area contributed by atoms with Gasteiger partial charge in [0.25, 0.3) is 5.56 Å². The number of hydrogen-bond acceptors (Lipinski definition) is 4. The second-order valence-electron chi connectivity index (χ2n) is 9.06. The first-order valence-corrected chi connectivity index (χ1v) is 11.2. The fourth-order valence-electron chi connectivity index (χ4n) is 5.19. The molecule has 6 heteroatoms. The Kier molecular flexibility index (Phi) is 6.14. The Hall–Kier alpha value is -1.69. The number of carbonyl (C=O) groups is 1. The molecule has 3 aliphatic rings. The summed E-state index contributed by atoms with van der Waals surface area (Å²) >= 11 is 0. The zero-order chi connectivity index (χ0) is 19.5. The summed E-state index contributed by atoms with van der Waals surface area (Å²) in [5.74, 6) is 1.37. The summed E-state index contributed by atoms with van der Waals surface area (Å²) in [5.41, 5.74) is 2.40. The number of aromatic nitrogens is 2. The molecule has 0 aromatic carbocycles. The highest BCUT2D eigenvalue weighted by Crippen LogP contribution is 2.23. The van der Waals surface area contributed by atoms with Crippen LogP contribution in [0.5, 0.6) is 0 Å². The molecule has 1 atom stereocenters. The van der Waals surface area contributed by atoms with E-state index in [1.54, 1.807) is 11.6 Å². The highest BCUT2D eigenvalue weighted by molar-refractivity contribution is 5.73. The largest absolute Gasteiger partial charge is 0.343 e. The van der Waals surface area contributed by atoms with Crippen molar-refractivity contribution in [2.24, 2.45) is 11.8 Å². The Labute approximate surface area is 167 Å². The van der Waals surface area contributed by atoms with Crippen LogP contribution >= 0.6 is 0 Å². The molecule has 3 heterocycles. The van der Waals surface area contributed by atoms with Crippen LogP contribution in [0.25, 0.3) is 0 Å². The zero-order valence-corrected chi connectivity index (χ0v) is 17.2. The van der Waals surface area contributed by atoms with Crippen molar-refractivity contribution in [3.05, 3.63) is 27.7 Å². The van der Waals surface area contributed by atoms with Gasteiger partial charge in [0.05, 0.1) is 5.69 Å². The molecule has 0 bridgehead atoms. The first-order valence-electron chi connectivity index (χ1n) is 11.2. The molecule has 2 aliphatic heterocycles. The van der Waals surface area contributed by atoms with Crippen molar-refractivity contribution in [3.63, 3.8) is 0 Å². The van der Waals surface area contributed by atoms with Gasteiger partial charge >= 0.3 is 0 Å². The molecule has 1 aromatic rings. The summed E-state index contributed by atoms with van der Waals surface area (Å²) in [4.78, 5) is 28.7. The SMILES string of the molecule is CC(=O)N1CCCC(CN2CCC(Cn3nc4c(cc3=O)CCCC4)CC2)C1. The van der Waals surface area contributed by atoms with E-state index in [-0.39, 0.29) is 11.5 Å². The van der Waals surface area contributed by atoms with Gasteiger partial charge in [-0.15, -0.1) is 0 Å². The summed E-state index contributed by atoms with van der Waals surface area (Å²) < 4.78 is 1.73. The Morgan fingerprint density at radius 1 is 1.04 bits per heavy atom. The lowest BCUT2D eigenvalue weighted by Crippen LogP contribution is -2.45. The Morgan fingerprint density at radius 3 is 2.61 bits per heavy atom. The molecule has 0 N–H and O–H groups in total. The van der Waals surface area contributed by atoms with Gasteiger partial charge in [-0.05, 0) is 81.9 Å².